The summed E-state index contributed by atoms with van der Waals surface area (Å²) in [6.45, 7) is 4.60. The molecule has 26 heavy (non-hydrogen) atoms. The molecule has 0 fully saturated rings. The summed E-state index contributed by atoms with van der Waals surface area (Å²) in [5.41, 5.74) is 2.68. The van der Waals surface area contributed by atoms with E-state index in [1.165, 1.54) is 29.7 Å². The SMILES string of the molecule is CCCCc1ccc2nc(NC(=O)c3ccc(OCC)c(Cl)c3)sc2c1. The highest BCUT2D eigenvalue weighted by molar-refractivity contribution is 7.22. The van der Waals surface area contributed by atoms with E-state index in [4.69, 9.17) is 16.3 Å². The van der Waals surface area contributed by atoms with Gasteiger partial charge in [0, 0.05) is 5.56 Å². The fourth-order valence-corrected chi connectivity index (χ4v) is 3.80. The van der Waals surface area contributed by atoms with Gasteiger partial charge in [-0.2, -0.15) is 0 Å². The molecule has 6 heteroatoms. The van der Waals surface area contributed by atoms with Crippen molar-refractivity contribution in [2.75, 3.05) is 11.9 Å². The van der Waals surface area contributed by atoms with E-state index in [2.05, 4.69) is 29.4 Å². The minimum Gasteiger partial charge on any atom is -0.492 e. The number of benzene rings is 2. The van der Waals surface area contributed by atoms with Gasteiger partial charge in [0.05, 0.1) is 21.8 Å². The van der Waals surface area contributed by atoms with Gasteiger partial charge in [0.15, 0.2) is 5.13 Å². The summed E-state index contributed by atoms with van der Waals surface area (Å²) in [4.78, 5) is 17.0. The van der Waals surface area contributed by atoms with Crippen LogP contribution in [0.1, 0.15) is 42.6 Å². The molecular weight excluding hydrogens is 368 g/mol. The Morgan fingerprint density at radius 2 is 2.08 bits per heavy atom. The maximum absolute atomic E-state index is 12.5. The van der Waals surface area contributed by atoms with Gasteiger partial charge in [0.1, 0.15) is 5.75 Å². The normalized spacial score (nSPS) is 10.9. The molecule has 136 valence electrons. The van der Waals surface area contributed by atoms with Crippen molar-refractivity contribution in [3.05, 3.63) is 52.5 Å². The van der Waals surface area contributed by atoms with Crippen LogP contribution in [0.3, 0.4) is 0 Å². The smallest absolute Gasteiger partial charge is 0.257 e. The summed E-state index contributed by atoms with van der Waals surface area (Å²) in [7, 11) is 0. The van der Waals surface area contributed by atoms with Crippen LogP contribution >= 0.6 is 22.9 Å². The Bertz CT molecular complexity index is 923. The van der Waals surface area contributed by atoms with Crippen LogP contribution in [0.25, 0.3) is 10.2 Å². The van der Waals surface area contributed by atoms with E-state index >= 15 is 0 Å². The van der Waals surface area contributed by atoms with Gasteiger partial charge in [-0.1, -0.05) is 42.3 Å². The van der Waals surface area contributed by atoms with Gasteiger partial charge < -0.3 is 4.74 Å². The number of fused-ring (bicyclic) bond motifs is 1. The molecule has 1 amide bonds. The fraction of sp³-hybridized carbons (Fsp3) is 0.300. The first-order valence-electron chi connectivity index (χ1n) is 8.74. The molecule has 0 radical (unpaired) electrons. The molecule has 0 aliphatic carbocycles. The number of nitrogens with one attached hydrogen (secondary N) is 1. The second kappa shape index (κ2) is 8.52. The van der Waals surface area contributed by atoms with Crippen LogP contribution in [0, 0.1) is 0 Å². The molecule has 0 aliphatic heterocycles. The maximum Gasteiger partial charge on any atom is 0.257 e. The summed E-state index contributed by atoms with van der Waals surface area (Å²) in [5.74, 6) is 0.338. The number of unbranched alkanes of at least 4 members (excludes halogenated alkanes) is 1. The van der Waals surface area contributed by atoms with Crippen LogP contribution in [0.5, 0.6) is 5.75 Å². The number of aryl methyl sites for hydroxylation is 1. The summed E-state index contributed by atoms with van der Waals surface area (Å²) >= 11 is 7.64. The van der Waals surface area contributed by atoms with Crippen molar-refractivity contribution in [3.63, 3.8) is 0 Å². The Hall–Kier alpha value is -2.11. The van der Waals surface area contributed by atoms with Crippen LogP contribution in [-0.2, 0) is 6.42 Å². The number of hydrogen-bond acceptors (Lipinski definition) is 4. The lowest BCUT2D eigenvalue weighted by Crippen LogP contribution is -2.11. The number of anilines is 1. The van der Waals surface area contributed by atoms with Crippen LogP contribution in [0.15, 0.2) is 36.4 Å². The number of rotatable bonds is 7. The Labute approximate surface area is 162 Å². The van der Waals surface area contributed by atoms with Crippen molar-refractivity contribution >= 4 is 44.2 Å². The highest BCUT2D eigenvalue weighted by atomic mass is 35.5. The van der Waals surface area contributed by atoms with Gasteiger partial charge in [-0.3, -0.25) is 10.1 Å². The van der Waals surface area contributed by atoms with Gasteiger partial charge >= 0.3 is 0 Å². The number of halogens is 1. The van der Waals surface area contributed by atoms with Crippen molar-refractivity contribution < 1.29 is 9.53 Å². The monoisotopic (exact) mass is 388 g/mol. The maximum atomic E-state index is 12.5. The van der Waals surface area contributed by atoms with Gasteiger partial charge in [-0.05, 0) is 55.7 Å². The van der Waals surface area contributed by atoms with Crippen molar-refractivity contribution in [1.82, 2.24) is 4.98 Å². The van der Waals surface area contributed by atoms with Crippen LogP contribution < -0.4 is 10.1 Å². The van der Waals surface area contributed by atoms with E-state index in [0.29, 0.717) is 28.1 Å². The largest absolute Gasteiger partial charge is 0.492 e. The number of nitrogens with zero attached hydrogens (tertiary/aromatic N) is 1. The van der Waals surface area contributed by atoms with E-state index in [1.54, 1.807) is 18.2 Å². The predicted octanol–water partition coefficient (Wildman–Crippen LogP) is 5.94. The molecule has 0 saturated heterocycles. The molecule has 0 bridgehead atoms. The van der Waals surface area contributed by atoms with Crippen LogP contribution in [0.4, 0.5) is 5.13 Å². The molecule has 0 saturated carbocycles. The van der Waals surface area contributed by atoms with Gasteiger partial charge in [0.25, 0.3) is 5.91 Å². The second-order valence-electron chi connectivity index (χ2n) is 5.96. The minimum atomic E-state index is -0.236. The molecule has 3 rings (SSSR count). The first kappa shape index (κ1) is 18.7. The first-order valence-corrected chi connectivity index (χ1v) is 9.93. The average molecular weight is 389 g/mol. The van der Waals surface area contributed by atoms with E-state index < -0.39 is 0 Å². The topological polar surface area (TPSA) is 51.2 Å². The molecule has 1 heterocycles. The zero-order valence-corrected chi connectivity index (χ0v) is 16.4. The summed E-state index contributed by atoms with van der Waals surface area (Å²) in [6, 6.07) is 11.3. The second-order valence-corrected chi connectivity index (χ2v) is 7.39. The molecule has 1 aromatic heterocycles. The quantitative estimate of drug-likeness (QED) is 0.544. The standard InChI is InChI=1S/C20H21ClN2O2S/c1-3-5-6-13-7-9-16-18(11-13)26-20(22-16)23-19(24)14-8-10-17(25-4-2)15(21)12-14/h7-12H,3-6H2,1-2H3,(H,22,23,24). The minimum absolute atomic E-state index is 0.236. The zero-order chi connectivity index (χ0) is 18.5. The van der Waals surface area contributed by atoms with E-state index in [0.717, 1.165) is 16.6 Å². The number of thiazole rings is 1. The highest BCUT2D eigenvalue weighted by Gasteiger charge is 2.12. The average Bonchev–Trinajstić information content (AvgIpc) is 3.03. The third-order valence-electron chi connectivity index (χ3n) is 3.99. The molecule has 1 N–H and O–H groups in total. The zero-order valence-electron chi connectivity index (χ0n) is 14.8. The van der Waals surface area contributed by atoms with Crippen LogP contribution in [0.2, 0.25) is 5.02 Å². The third kappa shape index (κ3) is 4.34. The Balaban J connectivity index is 1.75. The van der Waals surface area contributed by atoms with Gasteiger partial charge in [-0.25, -0.2) is 4.98 Å². The molecule has 0 atom stereocenters. The summed E-state index contributed by atoms with van der Waals surface area (Å²) < 4.78 is 6.48. The number of amides is 1. The molecule has 0 spiro atoms. The lowest BCUT2D eigenvalue weighted by molar-refractivity contribution is 0.102. The molecule has 2 aromatic carbocycles. The Morgan fingerprint density at radius 1 is 1.23 bits per heavy atom. The number of ether oxygens (including phenoxy) is 1. The molecule has 0 unspecified atom stereocenters. The van der Waals surface area contributed by atoms with E-state index in [-0.39, 0.29) is 5.91 Å². The molecule has 3 aromatic rings. The van der Waals surface area contributed by atoms with Crippen molar-refractivity contribution in [3.8, 4) is 5.75 Å². The lowest BCUT2D eigenvalue weighted by atomic mass is 10.1. The lowest BCUT2D eigenvalue weighted by Gasteiger charge is -2.07. The summed E-state index contributed by atoms with van der Waals surface area (Å²) in [6.07, 6.45) is 3.41. The number of aromatic nitrogens is 1. The third-order valence-corrected chi connectivity index (χ3v) is 5.22. The molecule has 0 aliphatic rings. The Morgan fingerprint density at radius 3 is 2.81 bits per heavy atom. The van der Waals surface area contributed by atoms with Gasteiger partial charge in [-0.15, -0.1) is 0 Å². The number of carbonyl (C=O) groups excluding carboxylic acids is 1. The van der Waals surface area contributed by atoms with Crippen molar-refractivity contribution in [2.24, 2.45) is 0 Å². The first-order chi connectivity index (χ1) is 12.6. The van der Waals surface area contributed by atoms with E-state index in [1.807, 2.05) is 13.0 Å². The van der Waals surface area contributed by atoms with Crippen molar-refractivity contribution in [2.45, 2.75) is 33.1 Å². The van der Waals surface area contributed by atoms with Crippen LogP contribution in [-0.4, -0.2) is 17.5 Å². The number of carbonyl (C=O) groups is 1. The highest BCUT2D eigenvalue weighted by Crippen LogP contribution is 2.29. The van der Waals surface area contributed by atoms with E-state index in [9.17, 15) is 4.79 Å². The predicted molar refractivity (Wildman–Crippen MR) is 109 cm³/mol. The van der Waals surface area contributed by atoms with Gasteiger partial charge in [0.2, 0.25) is 0 Å². The molecule has 4 nitrogen and oxygen atoms in total. The Kier molecular flexibility index (Phi) is 6.12. The molecular formula is C20H21ClN2O2S. The summed E-state index contributed by atoms with van der Waals surface area (Å²) in [5, 5.41) is 3.86. The van der Waals surface area contributed by atoms with Crippen molar-refractivity contribution in [1.29, 1.82) is 0 Å². The number of hydrogen-bond donors (Lipinski definition) is 1. The fourth-order valence-electron chi connectivity index (χ4n) is 2.64.